The van der Waals surface area contributed by atoms with Gasteiger partial charge in [-0.05, 0) is 68.6 Å². The number of unbranched alkanes of at least 4 members (excludes halogenated alkanes) is 15. The monoisotopic (exact) mass is 560 g/mol. The minimum atomic E-state index is -0.675. The van der Waals surface area contributed by atoms with Gasteiger partial charge in [-0.1, -0.05) is 134 Å². The van der Waals surface area contributed by atoms with Crippen molar-refractivity contribution in [2.75, 3.05) is 0 Å². The van der Waals surface area contributed by atoms with E-state index in [1.54, 1.807) is 0 Å². The molecule has 0 aliphatic heterocycles. The van der Waals surface area contributed by atoms with E-state index in [9.17, 15) is 9.59 Å². The van der Waals surface area contributed by atoms with Crippen molar-refractivity contribution in [3.63, 3.8) is 0 Å². The highest BCUT2D eigenvalue weighted by atomic mass is 16.4. The van der Waals surface area contributed by atoms with Gasteiger partial charge >= 0.3 is 11.9 Å². The molecule has 4 unspecified atom stereocenters. The third kappa shape index (κ3) is 18.7. The van der Waals surface area contributed by atoms with Crippen LogP contribution in [0.1, 0.15) is 168 Å². The van der Waals surface area contributed by atoms with Crippen molar-refractivity contribution < 1.29 is 19.8 Å². The van der Waals surface area contributed by atoms with Crippen LogP contribution in [0.2, 0.25) is 0 Å². The summed E-state index contributed by atoms with van der Waals surface area (Å²) in [6.45, 7) is 4.57. The van der Waals surface area contributed by atoms with Gasteiger partial charge in [0.1, 0.15) is 0 Å². The summed E-state index contributed by atoms with van der Waals surface area (Å²) in [5.74, 6) is 1.31. The van der Waals surface area contributed by atoms with Gasteiger partial charge < -0.3 is 10.2 Å². The summed E-state index contributed by atoms with van der Waals surface area (Å²) in [6.07, 6.45) is 37.4. The molecule has 4 nitrogen and oxygen atoms in total. The van der Waals surface area contributed by atoms with E-state index in [0.29, 0.717) is 36.5 Å². The minimum Gasteiger partial charge on any atom is -0.481 e. The number of carboxylic acids is 2. The van der Waals surface area contributed by atoms with E-state index in [-0.39, 0.29) is 0 Å². The highest BCUT2D eigenvalue weighted by Gasteiger charge is 2.33. The van der Waals surface area contributed by atoms with E-state index in [1.807, 2.05) is 0 Å². The van der Waals surface area contributed by atoms with Gasteiger partial charge in [0.05, 0.1) is 0 Å². The fourth-order valence-electron chi connectivity index (χ4n) is 6.57. The number of hydrogen-bond acceptors (Lipinski definition) is 2. The Morgan fingerprint density at radius 3 is 1.60 bits per heavy atom. The Balaban J connectivity index is 2.79. The largest absolute Gasteiger partial charge is 0.481 e. The van der Waals surface area contributed by atoms with Crippen LogP contribution in [0.5, 0.6) is 0 Å². The van der Waals surface area contributed by atoms with Crippen LogP contribution in [0.15, 0.2) is 24.3 Å². The maximum atomic E-state index is 10.8. The molecule has 232 valence electrons. The molecule has 0 spiro atoms. The van der Waals surface area contributed by atoms with E-state index >= 15 is 0 Å². The van der Waals surface area contributed by atoms with Crippen LogP contribution in [0.3, 0.4) is 0 Å². The van der Waals surface area contributed by atoms with Crippen LogP contribution in [-0.4, -0.2) is 22.2 Å². The van der Waals surface area contributed by atoms with E-state index in [4.69, 9.17) is 10.2 Å². The Hall–Kier alpha value is -1.58. The summed E-state index contributed by atoms with van der Waals surface area (Å²) in [5.41, 5.74) is 0. The zero-order valence-electron chi connectivity index (χ0n) is 26.3. The van der Waals surface area contributed by atoms with Crippen molar-refractivity contribution in [2.24, 2.45) is 23.7 Å². The predicted molar refractivity (Wildman–Crippen MR) is 170 cm³/mol. The lowest BCUT2D eigenvalue weighted by molar-refractivity contribution is -0.138. The molecule has 1 aliphatic carbocycles. The topological polar surface area (TPSA) is 74.6 Å². The molecule has 0 aromatic rings. The van der Waals surface area contributed by atoms with Crippen molar-refractivity contribution in [2.45, 2.75) is 168 Å². The molecule has 0 saturated carbocycles. The molecule has 0 saturated heterocycles. The fourth-order valence-corrected chi connectivity index (χ4v) is 6.57. The van der Waals surface area contributed by atoms with E-state index in [0.717, 1.165) is 38.5 Å². The van der Waals surface area contributed by atoms with E-state index in [1.165, 1.54) is 103 Å². The Labute approximate surface area is 247 Å². The first-order chi connectivity index (χ1) is 19.5. The van der Waals surface area contributed by atoms with Gasteiger partial charge in [-0.15, -0.1) is 0 Å². The maximum Gasteiger partial charge on any atom is 0.303 e. The molecule has 4 atom stereocenters. The Kier molecular flexibility index (Phi) is 22.9. The van der Waals surface area contributed by atoms with Gasteiger partial charge in [0.15, 0.2) is 0 Å². The molecule has 0 bridgehead atoms. The molecule has 0 amide bonds. The zero-order valence-corrected chi connectivity index (χ0v) is 26.3. The Bertz CT molecular complexity index is 682. The molecular weight excluding hydrogens is 496 g/mol. The number of carboxylic acid groups (broad SMARTS) is 2. The normalized spacial score (nSPS) is 20.9. The molecule has 0 radical (unpaired) electrons. The summed E-state index contributed by atoms with van der Waals surface area (Å²) < 4.78 is 0. The maximum absolute atomic E-state index is 10.8. The molecular formula is C36H64O4. The first-order valence-corrected chi connectivity index (χ1v) is 17.3. The van der Waals surface area contributed by atoms with Crippen molar-refractivity contribution in [3.05, 3.63) is 24.3 Å². The van der Waals surface area contributed by atoms with Crippen molar-refractivity contribution in [3.8, 4) is 0 Å². The average molecular weight is 561 g/mol. The first-order valence-electron chi connectivity index (χ1n) is 17.3. The predicted octanol–water partition coefficient (Wildman–Crippen LogP) is 11.1. The Morgan fingerprint density at radius 2 is 1.02 bits per heavy atom. The molecule has 1 aliphatic rings. The average Bonchev–Trinajstić information content (AvgIpc) is 2.92. The lowest BCUT2D eigenvalue weighted by atomic mass is 9.66. The molecule has 0 aromatic heterocycles. The van der Waals surface area contributed by atoms with Crippen molar-refractivity contribution in [1.29, 1.82) is 0 Å². The second kappa shape index (κ2) is 25.2. The summed E-state index contributed by atoms with van der Waals surface area (Å²) >= 11 is 0. The number of rotatable bonds is 27. The van der Waals surface area contributed by atoms with Gasteiger partial charge in [0, 0.05) is 12.8 Å². The molecule has 40 heavy (non-hydrogen) atoms. The smallest absolute Gasteiger partial charge is 0.303 e. The van der Waals surface area contributed by atoms with Crippen molar-refractivity contribution >= 4 is 11.9 Å². The van der Waals surface area contributed by atoms with Crippen LogP contribution in [0, 0.1) is 23.7 Å². The zero-order chi connectivity index (χ0) is 29.3. The lowest BCUT2D eigenvalue weighted by Crippen LogP contribution is -2.30. The molecule has 1 rings (SSSR count). The van der Waals surface area contributed by atoms with E-state index in [2.05, 4.69) is 38.2 Å². The standard InChI is InChI=1S/C36H64O4/c1-3-5-7-9-13-19-25-33-31(23-17-8-6-4-2)29-30-32(24-18-12-10-15-21-27-35(37)38)34(33)26-20-14-11-16-22-28-36(39)40/h19,25,29-34H,3-18,20-24,26-28H2,1-2H3,(H,37,38)(H,39,40)/b25-19-. The van der Waals surface area contributed by atoms with Gasteiger partial charge in [0.2, 0.25) is 0 Å². The van der Waals surface area contributed by atoms with Gasteiger partial charge in [-0.2, -0.15) is 0 Å². The van der Waals surface area contributed by atoms with Crippen LogP contribution in [0.4, 0.5) is 0 Å². The number of allylic oxidation sites excluding steroid dienone is 4. The second-order valence-electron chi connectivity index (χ2n) is 12.5. The van der Waals surface area contributed by atoms with Crippen LogP contribution >= 0.6 is 0 Å². The fraction of sp³-hybridized carbons (Fsp3) is 0.833. The van der Waals surface area contributed by atoms with Crippen LogP contribution in [-0.2, 0) is 9.59 Å². The third-order valence-corrected chi connectivity index (χ3v) is 8.97. The highest BCUT2D eigenvalue weighted by Crippen LogP contribution is 2.43. The Morgan fingerprint density at radius 1 is 0.575 bits per heavy atom. The second-order valence-corrected chi connectivity index (χ2v) is 12.5. The summed E-state index contributed by atoms with van der Waals surface area (Å²) in [4.78, 5) is 21.6. The van der Waals surface area contributed by atoms with Gasteiger partial charge in [0.25, 0.3) is 0 Å². The van der Waals surface area contributed by atoms with Crippen LogP contribution < -0.4 is 0 Å². The number of carbonyl (C=O) groups is 2. The summed E-state index contributed by atoms with van der Waals surface area (Å²) in [7, 11) is 0. The molecule has 2 N–H and O–H groups in total. The number of aliphatic carboxylic acids is 2. The third-order valence-electron chi connectivity index (χ3n) is 8.97. The lowest BCUT2D eigenvalue weighted by Gasteiger charge is -2.39. The molecule has 4 heteroatoms. The minimum absolute atomic E-state index is 0.301. The van der Waals surface area contributed by atoms with E-state index < -0.39 is 11.9 Å². The van der Waals surface area contributed by atoms with Gasteiger partial charge in [-0.3, -0.25) is 9.59 Å². The highest BCUT2D eigenvalue weighted by molar-refractivity contribution is 5.66. The van der Waals surface area contributed by atoms with Crippen LogP contribution in [0.25, 0.3) is 0 Å². The molecule has 0 heterocycles. The molecule has 0 aromatic carbocycles. The summed E-state index contributed by atoms with van der Waals surface area (Å²) in [6, 6.07) is 0. The molecule has 0 fully saturated rings. The number of hydrogen-bond donors (Lipinski definition) is 2. The summed E-state index contributed by atoms with van der Waals surface area (Å²) in [5, 5.41) is 17.8. The van der Waals surface area contributed by atoms with Crippen molar-refractivity contribution in [1.82, 2.24) is 0 Å². The van der Waals surface area contributed by atoms with Gasteiger partial charge in [-0.25, -0.2) is 0 Å². The SMILES string of the molecule is CCCCCC/C=C\C1C(CCCCCC)C=CC(CCCCCCCC(=O)O)C1CCCCCCCC(=O)O. The first kappa shape index (κ1) is 36.4. The quantitative estimate of drug-likeness (QED) is 0.0774.